The van der Waals surface area contributed by atoms with Crippen LogP contribution in [0.4, 0.5) is 0 Å². The number of nitrogens with one attached hydrogen (secondary N) is 1. The number of ether oxygens (including phenoxy) is 1. The first kappa shape index (κ1) is 14.1. The van der Waals surface area contributed by atoms with Crippen LogP contribution in [0.3, 0.4) is 0 Å². The SMILES string of the molecule is CC(CCNCC1CCC(C)(C)O1)S(C)=O. The minimum atomic E-state index is -0.699. The molecule has 1 N–H and O–H groups in total. The highest BCUT2D eigenvalue weighted by Crippen LogP contribution is 2.28. The molecule has 0 saturated carbocycles. The topological polar surface area (TPSA) is 38.3 Å². The van der Waals surface area contributed by atoms with Gasteiger partial charge in [0.25, 0.3) is 0 Å². The zero-order valence-corrected chi connectivity index (χ0v) is 11.7. The van der Waals surface area contributed by atoms with E-state index in [9.17, 15) is 4.21 Å². The summed E-state index contributed by atoms with van der Waals surface area (Å²) in [6.07, 6.45) is 5.40. The molecule has 1 fully saturated rings. The molecular formula is C12H25NO2S. The van der Waals surface area contributed by atoms with Gasteiger partial charge in [-0.2, -0.15) is 0 Å². The zero-order chi connectivity index (χ0) is 12.2. The van der Waals surface area contributed by atoms with Crippen molar-refractivity contribution in [3.05, 3.63) is 0 Å². The number of rotatable bonds is 6. The van der Waals surface area contributed by atoms with E-state index >= 15 is 0 Å². The van der Waals surface area contributed by atoms with E-state index in [1.54, 1.807) is 6.26 Å². The van der Waals surface area contributed by atoms with Gasteiger partial charge < -0.3 is 10.1 Å². The summed E-state index contributed by atoms with van der Waals surface area (Å²) in [6, 6.07) is 0. The van der Waals surface area contributed by atoms with Crippen LogP contribution in [0.5, 0.6) is 0 Å². The van der Waals surface area contributed by atoms with Crippen molar-refractivity contribution in [2.24, 2.45) is 0 Å². The summed E-state index contributed by atoms with van der Waals surface area (Å²) >= 11 is 0. The fourth-order valence-corrected chi connectivity index (χ4v) is 2.41. The van der Waals surface area contributed by atoms with Crippen LogP contribution in [0.15, 0.2) is 0 Å². The first-order valence-corrected chi connectivity index (χ1v) is 7.73. The van der Waals surface area contributed by atoms with E-state index in [1.165, 1.54) is 0 Å². The van der Waals surface area contributed by atoms with Crippen LogP contribution in [0.25, 0.3) is 0 Å². The average molecular weight is 247 g/mol. The van der Waals surface area contributed by atoms with Gasteiger partial charge in [0, 0.05) is 28.9 Å². The van der Waals surface area contributed by atoms with Crippen LogP contribution < -0.4 is 5.32 Å². The zero-order valence-electron chi connectivity index (χ0n) is 10.9. The largest absolute Gasteiger partial charge is 0.371 e. The first-order chi connectivity index (χ1) is 7.41. The molecule has 0 aromatic carbocycles. The third kappa shape index (κ3) is 4.93. The van der Waals surface area contributed by atoms with Crippen molar-refractivity contribution in [2.75, 3.05) is 19.3 Å². The maximum absolute atomic E-state index is 11.1. The Bertz CT molecular complexity index is 243. The monoisotopic (exact) mass is 247 g/mol. The van der Waals surface area contributed by atoms with Gasteiger partial charge in [0.15, 0.2) is 0 Å². The van der Waals surface area contributed by atoms with E-state index in [0.29, 0.717) is 6.10 Å². The Morgan fingerprint density at radius 2 is 2.25 bits per heavy atom. The molecule has 0 aliphatic carbocycles. The molecule has 1 rings (SSSR count). The van der Waals surface area contributed by atoms with Crippen LogP contribution in [0, 0.1) is 0 Å². The highest BCUT2D eigenvalue weighted by Gasteiger charge is 2.30. The summed E-state index contributed by atoms with van der Waals surface area (Å²) in [4.78, 5) is 0. The van der Waals surface area contributed by atoms with Gasteiger partial charge >= 0.3 is 0 Å². The predicted molar refractivity (Wildman–Crippen MR) is 69.2 cm³/mol. The maximum atomic E-state index is 11.1. The predicted octanol–water partition coefficient (Wildman–Crippen LogP) is 1.69. The highest BCUT2D eigenvalue weighted by molar-refractivity contribution is 7.84. The fraction of sp³-hybridized carbons (Fsp3) is 1.00. The van der Waals surface area contributed by atoms with Crippen molar-refractivity contribution in [3.8, 4) is 0 Å². The van der Waals surface area contributed by atoms with Crippen LogP contribution in [0.2, 0.25) is 0 Å². The van der Waals surface area contributed by atoms with E-state index in [2.05, 4.69) is 19.2 Å². The van der Waals surface area contributed by atoms with E-state index < -0.39 is 10.8 Å². The molecule has 1 aliphatic heterocycles. The second-order valence-corrected chi connectivity index (χ2v) is 7.14. The van der Waals surface area contributed by atoms with Crippen molar-refractivity contribution in [1.82, 2.24) is 5.32 Å². The molecule has 0 aromatic rings. The first-order valence-electron chi connectivity index (χ1n) is 6.11. The second kappa shape index (κ2) is 6.12. The van der Waals surface area contributed by atoms with Crippen LogP contribution in [0.1, 0.15) is 40.0 Å². The molecule has 4 heteroatoms. The van der Waals surface area contributed by atoms with E-state index in [4.69, 9.17) is 4.74 Å². The Labute approximate surface area is 102 Å². The van der Waals surface area contributed by atoms with Gasteiger partial charge in [-0.25, -0.2) is 0 Å². The normalized spacial score (nSPS) is 27.9. The highest BCUT2D eigenvalue weighted by atomic mass is 32.2. The van der Waals surface area contributed by atoms with E-state index in [1.807, 2.05) is 6.92 Å². The summed E-state index contributed by atoms with van der Waals surface area (Å²) in [6.45, 7) is 8.19. The van der Waals surface area contributed by atoms with Crippen molar-refractivity contribution in [3.63, 3.8) is 0 Å². The Morgan fingerprint density at radius 3 is 2.75 bits per heavy atom. The second-order valence-electron chi connectivity index (χ2n) is 5.34. The lowest BCUT2D eigenvalue weighted by molar-refractivity contribution is -0.0141. The molecule has 3 atom stereocenters. The summed E-state index contributed by atoms with van der Waals surface area (Å²) in [5.41, 5.74) is 0.0601. The lowest BCUT2D eigenvalue weighted by Crippen LogP contribution is -2.31. The van der Waals surface area contributed by atoms with Crippen LogP contribution in [-0.2, 0) is 15.5 Å². The van der Waals surface area contributed by atoms with E-state index in [0.717, 1.165) is 32.4 Å². The summed E-state index contributed by atoms with van der Waals surface area (Å²) < 4.78 is 17.0. The standard InChI is InChI=1S/C12H25NO2S/c1-10(16(4)14)6-8-13-9-11-5-7-12(2,3)15-11/h10-11,13H,5-9H2,1-4H3. The molecular weight excluding hydrogens is 222 g/mol. The quantitative estimate of drug-likeness (QED) is 0.726. The molecule has 1 heterocycles. The van der Waals surface area contributed by atoms with Gasteiger partial charge in [0.05, 0.1) is 11.7 Å². The summed E-state index contributed by atoms with van der Waals surface area (Å²) in [7, 11) is -0.699. The summed E-state index contributed by atoms with van der Waals surface area (Å²) in [5, 5.41) is 3.68. The van der Waals surface area contributed by atoms with Crippen molar-refractivity contribution in [2.45, 2.75) is 57.0 Å². The maximum Gasteiger partial charge on any atom is 0.0707 e. The molecule has 3 nitrogen and oxygen atoms in total. The van der Waals surface area contributed by atoms with Gasteiger partial charge in [-0.15, -0.1) is 0 Å². The van der Waals surface area contributed by atoms with Crippen LogP contribution in [-0.4, -0.2) is 40.5 Å². The Balaban J connectivity index is 2.06. The Kier molecular flexibility index (Phi) is 5.41. The molecule has 0 spiro atoms. The molecule has 96 valence electrons. The van der Waals surface area contributed by atoms with Crippen LogP contribution >= 0.6 is 0 Å². The minimum absolute atomic E-state index is 0.0601. The number of hydrogen-bond donors (Lipinski definition) is 1. The molecule has 0 radical (unpaired) electrons. The fourth-order valence-electron chi connectivity index (χ4n) is 1.96. The van der Waals surface area contributed by atoms with Gasteiger partial charge in [-0.05, 0) is 39.7 Å². The van der Waals surface area contributed by atoms with Crippen molar-refractivity contribution >= 4 is 10.8 Å². The summed E-state index contributed by atoms with van der Waals surface area (Å²) in [5.74, 6) is 0. The third-order valence-electron chi connectivity index (χ3n) is 3.22. The van der Waals surface area contributed by atoms with Crippen molar-refractivity contribution in [1.29, 1.82) is 0 Å². The average Bonchev–Trinajstić information content (AvgIpc) is 2.52. The lowest BCUT2D eigenvalue weighted by Gasteiger charge is -2.19. The Hall–Kier alpha value is 0.0700. The molecule has 0 bridgehead atoms. The molecule has 0 aromatic heterocycles. The molecule has 0 amide bonds. The van der Waals surface area contributed by atoms with Gasteiger partial charge in [-0.1, -0.05) is 6.92 Å². The van der Waals surface area contributed by atoms with Crippen molar-refractivity contribution < 1.29 is 8.95 Å². The Morgan fingerprint density at radius 1 is 1.56 bits per heavy atom. The number of hydrogen-bond acceptors (Lipinski definition) is 3. The third-order valence-corrected chi connectivity index (χ3v) is 4.59. The van der Waals surface area contributed by atoms with Gasteiger partial charge in [-0.3, -0.25) is 4.21 Å². The van der Waals surface area contributed by atoms with Gasteiger partial charge in [0.1, 0.15) is 0 Å². The minimum Gasteiger partial charge on any atom is -0.371 e. The molecule has 1 saturated heterocycles. The molecule has 3 unspecified atom stereocenters. The lowest BCUT2D eigenvalue weighted by atomic mass is 10.1. The molecule has 1 aliphatic rings. The molecule has 16 heavy (non-hydrogen) atoms. The van der Waals surface area contributed by atoms with E-state index in [-0.39, 0.29) is 10.9 Å². The van der Waals surface area contributed by atoms with Gasteiger partial charge in [0.2, 0.25) is 0 Å². The smallest absolute Gasteiger partial charge is 0.0707 e.